The summed E-state index contributed by atoms with van der Waals surface area (Å²) < 4.78 is 5.63. The number of carbonyl (C=O) groups is 1. The average molecular weight is 233 g/mol. The van der Waals surface area contributed by atoms with E-state index >= 15 is 0 Å². The van der Waals surface area contributed by atoms with Crippen molar-refractivity contribution < 1.29 is 9.53 Å². The van der Waals surface area contributed by atoms with Crippen LogP contribution in [0.4, 0.5) is 0 Å². The van der Waals surface area contributed by atoms with Gasteiger partial charge in [-0.2, -0.15) is 0 Å². The van der Waals surface area contributed by atoms with Crippen molar-refractivity contribution in [1.82, 2.24) is 0 Å². The van der Waals surface area contributed by atoms with Crippen LogP contribution in [0.1, 0.15) is 25.7 Å². The molecule has 12 heavy (non-hydrogen) atoms. The topological polar surface area (TPSA) is 26.3 Å². The van der Waals surface area contributed by atoms with Gasteiger partial charge in [0, 0.05) is 12.5 Å². The lowest BCUT2D eigenvalue weighted by Gasteiger charge is -2.43. The number of hydrogen-bond acceptors (Lipinski definition) is 2. The van der Waals surface area contributed by atoms with Crippen LogP contribution in [0.25, 0.3) is 0 Å². The van der Waals surface area contributed by atoms with Crippen LogP contribution >= 0.6 is 15.9 Å². The van der Waals surface area contributed by atoms with Crippen LogP contribution in [0, 0.1) is 5.92 Å². The number of hydrogen-bond donors (Lipinski definition) is 0. The van der Waals surface area contributed by atoms with E-state index in [4.69, 9.17) is 4.74 Å². The molecular formula is C9H13BrO2. The standard InChI is InChI=1S/C9H13BrO2/c10-6-8(11)7-4-9(5-7)2-1-3-12-9/h7H,1-6H2. The molecule has 0 amide bonds. The van der Waals surface area contributed by atoms with Gasteiger partial charge in [-0.3, -0.25) is 4.79 Å². The summed E-state index contributed by atoms with van der Waals surface area (Å²) in [5.74, 6) is 0.624. The van der Waals surface area contributed by atoms with Gasteiger partial charge >= 0.3 is 0 Å². The van der Waals surface area contributed by atoms with Crippen LogP contribution in [-0.4, -0.2) is 23.3 Å². The highest BCUT2D eigenvalue weighted by molar-refractivity contribution is 9.09. The van der Waals surface area contributed by atoms with Gasteiger partial charge in [-0.25, -0.2) is 0 Å². The lowest BCUT2D eigenvalue weighted by molar-refractivity contribution is -0.138. The summed E-state index contributed by atoms with van der Waals surface area (Å²) in [6.07, 6.45) is 4.28. The van der Waals surface area contributed by atoms with Crippen molar-refractivity contribution in [3.63, 3.8) is 0 Å². The Morgan fingerprint density at radius 3 is 2.83 bits per heavy atom. The van der Waals surface area contributed by atoms with Gasteiger partial charge in [0.1, 0.15) is 5.78 Å². The lowest BCUT2D eigenvalue weighted by atomic mass is 9.68. The molecule has 2 aliphatic rings. The lowest BCUT2D eigenvalue weighted by Crippen LogP contribution is -2.46. The number of alkyl halides is 1. The van der Waals surface area contributed by atoms with Crippen molar-refractivity contribution >= 4 is 21.7 Å². The number of rotatable bonds is 2. The van der Waals surface area contributed by atoms with Gasteiger partial charge in [0.25, 0.3) is 0 Å². The van der Waals surface area contributed by atoms with Gasteiger partial charge in [0.05, 0.1) is 10.9 Å². The summed E-state index contributed by atoms with van der Waals surface area (Å²) >= 11 is 3.20. The molecule has 1 saturated heterocycles. The molecule has 2 nitrogen and oxygen atoms in total. The molecule has 1 aliphatic carbocycles. The fourth-order valence-corrected chi connectivity index (χ4v) is 2.71. The first-order valence-corrected chi connectivity index (χ1v) is 5.61. The van der Waals surface area contributed by atoms with Gasteiger partial charge in [-0.15, -0.1) is 0 Å². The Morgan fingerprint density at radius 1 is 1.58 bits per heavy atom. The maximum atomic E-state index is 11.2. The fourth-order valence-electron chi connectivity index (χ4n) is 2.25. The third-order valence-corrected chi connectivity index (χ3v) is 3.56. The molecule has 0 aromatic heterocycles. The molecule has 1 saturated carbocycles. The first-order valence-electron chi connectivity index (χ1n) is 4.48. The predicted octanol–water partition coefficient (Wildman–Crippen LogP) is 1.91. The molecule has 1 heterocycles. The molecule has 1 aliphatic heterocycles. The second-order valence-corrected chi connectivity index (χ2v) is 4.40. The van der Waals surface area contributed by atoms with Gasteiger partial charge in [0.15, 0.2) is 0 Å². The van der Waals surface area contributed by atoms with E-state index < -0.39 is 0 Å². The molecule has 0 radical (unpaired) electrons. The smallest absolute Gasteiger partial charge is 0.146 e. The summed E-state index contributed by atoms with van der Waals surface area (Å²) in [4.78, 5) is 11.2. The SMILES string of the molecule is O=C(CBr)C1CC2(CCCO2)C1. The molecule has 0 N–H and O–H groups in total. The van der Waals surface area contributed by atoms with E-state index in [1.54, 1.807) is 0 Å². The van der Waals surface area contributed by atoms with E-state index in [1.807, 2.05) is 0 Å². The minimum atomic E-state index is 0.127. The molecule has 0 unspecified atom stereocenters. The van der Waals surface area contributed by atoms with Crippen molar-refractivity contribution in [3.8, 4) is 0 Å². The Bertz CT molecular complexity index is 189. The van der Waals surface area contributed by atoms with Crippen molar-refractivity contribution in [2.24, 2.45) is 5.92 Å². The number of Topliss-reactive ketones (excluding diaryl/α,β-unsaturated/α-hetero) is 1. The third-order valence-electron chi connectivity index (χ3n) is 3.01. The van der Waals surface area contributed by atoms with Gasteiger partial charge in [0.2, 0.25) is 0 Å². The quantitative estimate of drug-likeness (QED) is 0.681. The van der Waals surface area contributed by atoms with E-state index in [2.05, 4.69) is 15.9 Å². The van der Waals surface area contributed by atoms with Gasteiger partial charge < -0.3 is 4.74 Å². The van der Waals surface area contributed by atoms with Crippen molar-refractivity contribution in [1.29, 1.82) is 0 Å². The van der Waals surface area contributed by atoms with E-state index in [1.165, 1.54) is 12.8 Å². The first-order chi connectivity index (χ1) is 5.76. The Balaban J connectivity index is 1.86. The zero-order chi connectivity index (χ0) is 8.60. The van der Waals surface area contributed by atoms with Crippen molar-refractivity contribution in [2.45, 2.75) is 31.3 Å². The number of ether oxygens (including phenoxy) is 1. The summed E-state index contributed by atoms with van der Waals surface area (Å²) in [5, 5.41) is 0.508. The highest BCUT2D eigenvalue weighted by Crippen LogP contribution is 2.47. The van der Waals surface area contributed by atoms with E-state index in [9.17, 15) is 4.79 Å². The van der Waals surface area contributed by atoms with Crippen LogP contribution in [0.2, 0.25) is 0 Å². The molecule has 2 rings (SSSR count). The number of halogens is 1. The Morgan fingerprint density at radius 2 is 2.33 bits per heavy atom. The first kappa shape index (κ1) is 8.70. The molecule has 3 heteroatoms. The molecule has 2 fully saturated rings. The Hall–Kier alpha value is 0.110. The van der Waals surface area contributed by atoms with Crippen LogP contribution in [0.5, 0.6) is 0 Å². The minimum Gasteiger partial charge on any atom is -0.375 e. The zero-order valence-electron chi connectivity index (χ0n) is 7.01. The molecule has 0 atom stereocenters. The molecule has 68 valence electrons. The number of carbonyl (C=O) groups excluding carboxylic acids is 1. The average Bonchev–Trinajstić information content (AvgIpc) is 2.48. The largest absolute Gasteiger partial charge is 0.375 e. The van der Waals surface area contributed by atoms with Crippen LogP contribution in [0.15, 0.2) is 0 Å². The van der Waals surface area contributed by atoms with E-state index in [-0.39, 0.29) is 11.5 Å². The van der Waals surface area contributed by atoms with Gasteiger partial charge in [-0.1, -0.05) is 15.9 Å². The Labute approximate surface area is 80.8 Å². The summed E-state index contributed by atoms with van der Waals surface area (Å²) in [6.45, 7) is 0.898. The maximum Gasteiger partial charge on any atom is 0.146 e. The van der Waals surface area contributed by atoms with Crippen LogP contribution < -0.4 is 0 Å². The summed E-state index contributed by atoms with van der Waals surface area (Å²) in [5.41, 5.74) is 0.127. The Kier molecular flexibility index (Phi) is 2.25. The van der Waals surface area contributed by atoms with Crippen LogP contribution in [-0.2, 0) is 9.53 Å². The molecular weight excluding hydrogens is 220 g/mol. The minimum absolute atomic E-state index is 0.127. The van der Waals surface area contributed by atoms with Gasteiger partial charge in [-0.05, 0) is 25.7 Å². The zero-order valence-corrected chi connectivity index (χ0v) is 8.60. The fraction of sp³-hybridized carbons (Fsp3) is 0.889. The highest BCUT2D eigenvalue weighted by atomic mass is 79.9. The number of ketones is 1. The summed E-state index contributed by atoms with van der Waals surface area (Å²) in [7, 11) is 0. The predicted molar refractivity (Wildman–Crippen MR) is 49.4 cm³/mol. The molecule has 0 aromatic rings. The van der Waals surface area contributed by atoms with E-state index in [0.717, 1.165) is 19.4 Å². The van der Waals surface area contributed by atoms with E-state index in [0.29, 0.717) is 11.1 Å². The summed E-state index contributed by atoms with van der Waals surface area (Å²) in [6, 6.07) is 0. The third kappa shape index (κ3) is 1.33. The second kappa shape index (κ2) is 3.11. The monoisotopic (exact) mass is 232 g/mol. The molecule has 1 spiro atoms. The second-order valence-electron chi connectivity index (χ2n) is 3.84. The van der Waals surface area contributed by atoms with Crippen LogP contribution in [0.3, 0.4) is 0 Å². The van der Waals surface area contributed by atoms with Crippen molar-refractivity contribution in [3.05, 3.63) is 0 Å². The normalized spacial score (nSPS) is 39.9. The highest BCUT2D eigenvalue weighted by Gasteiger charge is 2.49. The maximum absolute atomic E-state index is 11.2. The van der Waals surface area contributed by atoms with Crippen molar-refractivity contribution in [2.75, 3.05) is 11.9 Å². The molecule has 0 bridgehead atoms. The molecule has 0 aromatic carbocycles.